The van der Waals surface area contributed by atoms with Crippen molar-refractivity contribution in [3.05, 3.63) is 63.4 Å². The summed E-state index contributed by atoms with van der Waals surface area (Å²) in [6.45, 7) is 3.73. The Bertz CT molecular complexity index is 678. The van der Waals surface area contributed by atoms with Gasteiger partial charge in [-0.3, -0.25) is 4.79 Å². The van der Waals surface area contributed by atoms with Gasteiger partial charge in [0.1, 0.15) is 5.82 Å². The fraction of sp³-hybridized carbons (Fsp3) is 0.188. The third-order valence-corrected chi connectivity index (χ3v) is 3.55. The molecule has 110 valence electrons. The molecule has 0 bridgehead atoms. The molecule has 5 heteroatoms. The van der Waals surface area contributed by atoms with Crippen LogP contribution in [0.3, 0.4) is 0 Å². The molecule has 0 saturated heterocycles. The molecule has 0 aliphatic heterocycles. The van der Waals surface area contributed by atoms with Crippen LogP contribution in [0.2, 0.25) is 5.02 Å². The van der Waals surface area contributed by atoms with Crippen molar-refractivity contribution in [1.29, 1.82) is 0 Å². The average Bonchev–Trinajstić information content (AvgIpc) is 2.44. The Kier molecular flexibility index (Phi) is 4.48. The lowest BCUT2D eigenvalue weighted by Crippen LogP contribution is -2.23. The molecule has 0 fully saturated rings. The summed E-state index contributed by atoms with van der Waals surface area (Å²) in [4.78, 5) is 12.0. The van der Waals surface area contributed by atoms with Gasteiger partial charge in [0.15, 0.2) is 0 Å². The number of carbonyl (C=O) groups is 1. The lowest BCUT2D eigenvalue weighted by molar-refractivity contribution is 0.0951. The highest BCUT2D eigenvalue weighted by Gasteiger charge is 2.09. The van der Waals surface area contributed by atoms with Gasteiger partial charge >= 0.3 is 0 Å². The van der Waals surface area contributed by atoms with Crippen LogP contribution in [0.5, 0.6) is 0 Å². The number of nitrogens with two attached hydrogens (primary N) is 1. The van der Waals surface area contributed by atoms with Crippen LogP contribution in [0.1, 0.15) is 27.0 Å². The molecule has 0 aliphatic rings. The number of hydrogen-bond donors (Lipinski definition) is 2. The number of rotatable bonds is 3. The molecular weight excluding hydrogens is 291 g/mol. The van der Waals surface area contributed by atoms with E-state index in [4.69, 9.17) is 17.3 Å². The summed E-state index contributed by atoms with van der Waals surface area (Å²) in [5.74, 6) is -0.464. The Morgan fingerprint density at radius 1 is 1.24 bits per heavy atom. The predicted molar refractivity (Wildman–Crippen MR) is 82.9 cm³/mol. The monoisotopic (exact) mass is 306 g/mol. The quantitative estimate of drug-likeness (QED) is 0.851. The van der Waals surface area contributed by atoms with Crippen molar-refractivity contribution >= 4 is 23.2 Å². The highest BCUT2D eigenvalue weighted by molar-refractivity contribution is 6.33. The van der Waals surface area contributed by atoms with Crippen LogP contribution < -0.4 is 11.1 Å². The molecule has 0 aliphatic carbocycles. The number of aryl methyl sites for hydroxylation is 2. The largest absolute Gasteiger partial charge is 0.398 e. The van der Waals surface area contributed by atoms with Gasteiger partial charge in [0.2, 0.25) is 0 Å². The van der Waals surface area contributed by atoms with E-state index in [2.05, 4.69) is 5.32 Å². The molecule has 0 spiro atoms. The number of benzene rings is 2. The van der Waals surface area contributed by atoms with Crippen LogP contribution in [0, 0.1) is 19.7 Å². The fourth-order valence-electron chi connectivity index (χ4n) is 2.11. The maximum atomic E-state index is 13.5. The second kappa shape index (κ2) is 6.14. The van der Waals surface area contributed by atoms with E-state index in [0.29, 0.717) is 33.9 Å². The van der Waals surface area contributed by atoms with Crippen LogP contribution in [0.4, 0.5) is 10.1 Å². The standard InChI is InChI=1S/C16H16ClFN2O/c1-9-5-11(6-10(2)15(9)18)8-20-16(21)12-3-4-13(17)14(19)7-12/h3-7H,8,19H2,1-2H3,(H,20,21). The number of halogens is 2. The van der Waals surface area contributed by atoms with Gasteiger partial charge in [0.05, 0.1) is 10.7 Å². The summed E-state index contributed by atoms with van der Waals surface area (Å²) in [5, 5.41) is 3.19. The highest BCUT2D eigenvalue weighted by Crippen LogP contribution is 2.19. The second-order valence-electron chi connectivity index (χ2n) is 4.96. The molecular formula is C16H16ClFN2O. The van der Waals surface area contributed by atoms with Gasteiger partial charge < -0.3 is 11.1 Å². The van der Waals surface area contributed by atoms with E-state index < -0.39 is 0 Å². The van der Waals surface area contributed by atoms with Crippen LogP contribution in [-0.2, 0) is 6.54 Å². The van der Waals surface area contributed by atoms with Crippen LogP contribution >= 0.6 is 11.6 Å². The molecule has 21 heavy (non-hydrogen) atoms. The molecule has 0 unspecified atom stereocenters. The number of amides is 1. The molecule has 2 aromatic rings. The van der Waals surface area contributed by atoms with Crippen molar-refractivity contribution in [2.45, 2.75) is 20.4 Å². The van der Waals surface area contributed by atoms with Gasteiger partial charge in [-0.05, 0) is 48.7 Å². The lowest BCUT2D eigenvalue weighted by Gasteiger charge is -2.09. The Morgan fingerprint density at radius 3 is 2.43 bits per heavy atom. The van der Waals surface area contributed by atoms with E-state index in [9.17, 15) is 9.18 Å². The van der Waals surface area contributed by atoms with E-state index in [0.717, 1.165) is 5.56 Å². The molecule has 1 amide bonds. The molecule has 0 radical (unpaired) electrons. The maximum Gasteiger partial charge on any atom is 0.251 e. The first-order valence-electron chi connectivity index (χ1n) is 6.47. The number of nitrogen functional groups attached to an aromatic ring is 1. The van der Waals surface area contributed by atoms with Crippen molar-refractivity contribution in [2.75, 3.05) is 5.73 Å². The molecule has 2 aromatic carbocycles. The van der Waals surface area contributed by atoms with Crippen molar-refractivity contribution in [2.24, 2.45) is 0 Å². The Hall–Kier alpha value is -2.07. The van der Waals surface area contributed by atoms with Gasteiger partial charge in [0, 0.05) is 12.1 Å². The lowest BCUT2D eigenvalue weighted by atomic mass is 10.1. The van der Waals surface area contributed by atoms with Crippen LogP contribution in [0.15, 0.2) is 30.3 Å². The van der Waals surface area contributed by atoms with Crippen LogP contribution in [0.25, 0.3) is 0 Å². The minimum atomic E-state index is -0.252. The van der Waals surface area contributed by atoms with Gasteiger partial charge in [-0.25, -0.2) is 4.39 Å². The molecule has 0 saturated carbocycles. The normalized spacial score (nSPS) is 10.5. The van der Waals surface area contributed by atoms with Crippen molar-refractivity contribution < 1.29 is 9.18 Å². The molecule has 0 atom stereocenters. The third kappa shape index (κ3) is 3.52. The summed E-state index contributed by atoms with van der Waals surface area (Å²) in [7, 11) is 0. The van der Waals surface area contributed by atoms with Crippen molar-refractivity contribution in [1.82, 2.24) is 5.32 Å². The molecule has 3 N–H and O–H groups in total. The van der Waals surface area contributed by atoms with E-state index in [-0.39, 0.29) is 11.7 Å². The van der Waals surface area contributed by atoms with Gasteiger partial charge in [-0.15, -0.1) is 0 Å². The smallest absolute Gasteiger partial charge is 0.251 e. The summed E-state index contributed by atoms with van der Waals surface area (Å²) in [6.07, 6.45) is 0. The second-order valence-corrected chi connectivity index (χ2v) is 5.37. The highest BCUT2D eigenvalue weighted by atomic mass is 35.5. The van der Waals surface area contributed by atoms with Gasteiger partial charge in [-0.1, -0.05) is 23.7 Å². The average molecular weight is 307 g/mol. The topological polar surface area (TPSA) is 55.1 Å². The molecule has 0 heterocycles. The summed E-state index contributed by atoms with van der Waals surface area (Å²) < 4.78 is 13.5. The minimum Gasteiger partial charge on any atom is -0.398 e. The number of carbonyl (C=O) groups excluding carboxylic acids is 1. The predicted octanol–water partition coefficient (Wildman–Crippen LogP) is 3.61. The van der Waals surface area contributed by atoms with E-state index in [1.807, 2.05) is 0 Å². The first-order valence-corrected chi connectivity index (χ1v) is 6.85. The number of hydrogen-bond acceptors (Lipinski definition) is 2. The molecule has 2 rings (SSSR count). The number of nitrogens with one attached hydrogen (secondary N) is 1. The minimum absolute atomic E-state index is 0.212. The fourth-order valence-corrected chi connectivity index (χ4v) is 2.22. The Balaban J connectivity index is 2.09. The van der Waals surface area contributed by atoms with E-state index >= 15 is 0 Å². The van der Waals surface area contributed by atoms with E-state index in [1.54, 1.807) is 38.1 Å². The first-order chi connectivity index (χ1) is 9.88. The zero-order valence-electron chi connectivity index (χ0n) is 11.8. The zero-order chi connectivity index (χ0) is 15.6. The maximum absolute atomic E-state index is 13.5. The molecule has 0 aromatic heterocycles. The summed E-state index contributed by atoms with van der Waals surface area (Å²) >= 11 is 5.82. The number of anilines is 1. The SMILES string of the molecule is Cc1cc(CNC(=O)c2ccc(Cl)c(N)c2)cc(C)c1F. The Morgan fingerprint density at radius 2 is 1.86 bits per heavy atom. The van der Waals surface area contributed by atoms with Crippen molar-refractivity contribution in [3.63, 3.8) is 0 Å². The summed E-state index contributed by atoms with van der Waals surface area (Å²) in [5.41, 5.74) is 8.44. The third-order valence-electron chi connectivity index (χ3n) is 3.21. The molecule has 3 nitrogen and oxygen atoms in total. The van der Waals surface area contributed by atoms with Crippen LogP contribution in [-0.4, -0.2) is 5.91 Å². The van der Waals surface area contributed by atoms with E-state index in [1.165, 1.54) is 6.07 Å². The van der Waals surface area contributed by atoms with Gasteiger partial charge in [0.25, 0.3) is 5.91 Å². The Labute approximate surface area is 127 Å². The zero-order valence-corrected chi connectivity index (χ0v) is 12.6. The first kappa shape index (κ1) is 15.3. The van der Waals surface area contributed by atoms with Gasteiger partial charge in [-0.2, -0.15) is 0 Å². The summed E-state index contributed by atoms with van der Waals surface area (Å²) in [6, 6.07) is 8.16. The van der Waals surface area contributed by atoms with Crippen molar-refractivity contribution in [3.8, 4) is 0 Å².